The van der Waals surface area contributed by atoms with Gasteiger partial charge in [-0.05, 0) is 23.8 Å². The average Bonchev–Trinajstić information content (AvgIpc) is 2.52. The van der Waals surface area contributed by atoms with Crippen LogP contribution >= 0.6 is 0 Å². The number of rotatable bonds is 4. The first-order valence-corrected chi connectivity index (χ1v) is 6.29. The summed E-state index contributed by atoms with van der Waals surface area (Å²) in [5, 5.41) is 19.6. The van der Waals surface area contributed by atoms with Crippen molar-refractivity contribution in [1.82, 2.24) is 0 Å². The zero-order chi connectivity index (χ0) is 17.0. The third kappa shape index (κ3) is 3.97. The van der Waals surface area contributed by atoms with Gasteiger partial charge in [0.25, 0.3) is 5.69 Å². The van der Waals surface area contributed by atoms with Crippen molar-refractivity contribution in [2.75, 3.05) is 0 Å². The van der Waals surface area contributed by atoms with Gasteiger partial charge < -0.3 is 4.74 Å². The largest absolute Gasteiger partial charge is 0.488 e. The number of ether oxygens (including phenoxy) is 1. The molecule has 0 saturated carbocycles. The van der Waals surface area contributed by atoms with E-state index in [9.17, 15) is 23.3 Å². The number of hydrogen-bond donors (Lipinski definition) is 0. The van der Waals surface area contributed by atoms with Gasteiger partial charge in [0.15, 0.2) is 0 Å². The topological polar surface area (TPSA) is 76.2 Å². The minimum atomic E-state index is -4.46. The predicted octanol–water partition coefficient (Wildman–Crippen LogP) is 4.06. The lowest BCUT2D eigenvalue weighted by atomic mass is 10.1. The van der Waals surface area contributed by atoms with E-state index in [4.69, 9.17) is 10.00 Å². The van der Waals surface area contributed by atoms with Gasteiger partial charge in [0.05, 0.1) is 10.5 Å². The van der Waals surface area contributed by atoms with Crippen LogP contribution in [0.5, 0.6) is 5.75 Å². The van der Waals surface area contributed by atoms with Crippen LogP contribution in [0.3, 0.4) is 0 Å². The summed E-state index contributed by atoms with van der Waals surface area (Å²) in [6.07, 6.45) is -4.46. The Kier molecular flexibility index (Phi) is 4.50. The number of nitro benzene ring substituents is 1. The lowest BCUT2D eigenvalue weighted by molar-refractivity contribution is -0.384. The van der Waals surface area contributed by atoms with Gasteiger partial charge in [0, 0.05) is 12.1 Å². The van der Waals surface area contributed by atoms with Crippen molar-refractivity contribution in [2.24, 2.45) is 0 Å². The lowest BCUT2D eigenvalue weighted by Crippen LogP contribution is -2.06. The number of nitriles is 1. The van der Waals surface area contributed by atoms with Crippen LogP contribution in [0.25, 0.3) is 0 Å². The summed E-state index contributed by atoms with van der Waals surface area (Å²) in [4.78, 5) is 9.98. The smallest absolute Gasteiger partial charge is 0.416 e. The van der Waals surface area contributed by atoms with Crippen LogP contribution in [0.1, 0.15) is 16.7 Å². The zero-order valence-corrected chi connectivity index (χ0v) is 11.5. The summed E-state index contributed by atoms with van der Waals surface area (Å²) in [6.45, 7) is -0.198. The van der Waals surface area contributed by atoms with Crippen LogP contribution in [0.2, 0.25) is 0 Å². The summed E-state index contributed by atoms with van der Waals surface area (Å²) >= 11 is 0. The Morgan fingerprint density at radius 2 is 1.96 bits per heavy atom. The third-order valence-electron chi connectivity index (χ3n) is 2.94. The SMILES string of the molecule is N#Cc1cc([N+](=O)[O-])ccc1OCc1cccc(C(F)(F)F)c1. The summed E-state index contributed by atoms with van der Waals surface area (Å²) in [5.74, 6) is 0.0653. The minimum Gasteiger partial charge on any atom is -0.488 e. The van der Waals surface area contributed by atoms with Gasteiger partial charge in [-0.15, -0.1) is 0 Å². The molecule has 0 aliphatic carbocycles. The van der Waals surface area contributed by atoms with E-state index in [1.165, 1.54) is 18.2 Å². The third-order valence-corrected chi connectivity index (χ3v) is 2.94. The molecule has 5 nitrogen and oxygen atoms in total. The number of nitro groups is 1. The molecule has 8 heteroatoms. The Bertz CT molecular complexity index is 782. The fourth-order valence-corrected chi connectivity index (χ4v) is 1.84. The molecular weight excluding hydrogens is 313 g/mol. The predicted molar refractivity (Wildman–Crippen MR) is 73.6 cm³/mol. The molecule has 2 aromatic carbocycles. The van der Waals surface area contributed by atoms with E-state index in [1.54, 1.807) is 6.07 Å². The summed E-state index contributed by atoms with van der Waals surface area (Å²) in [7, 11) is 0. The van der Waals surface area contributed by atoms with Gasteiger partial charge in [-0.25, -0.2) is 0 Å². The number of alkyl halides is 3. The molecule has 0 aromatic heterocycles. The molecule has 2 aromatic rings. The average molecular weight is 322 g/mol. The molecule has 0 spiro atoms. The van der Waals surface area contributed by atoms with Crippen molar-refractivity contribution in [3.8, 4) is 11.8 Å². The Morgan fingerprint density at radius 3 is 2.57 bits per heavy atom. The van der Waals surface area contributed by atoms with E-state index in [1.807, 2.05) is 0 Å². The number of halogens is 3. The first kappa shape index (κ1) is 16.3. The summed E-state index contributed by atoms with van der Waals surface area (Å²) in [5.41, 5.74) is -0.871. The Morgan fingerprint density at radius 1 is 1.22 bits per heavy atom. The second-order valence-corrected chi connectivity index (χ2v) is 4.54. The highest BCUT2D eigenvalue weighted by Crippen LogP contribution is 2.30. The number of hydrogen-bond acceptors (Lipinski definition) is 4. The molecule has 0 bridgehead atoms. The summed E-state index contributed by atoms with van der Waals surface area (Å²) in [6, 6.07) is 9.78. The van der Waals surface area contributed by atoms with Gasteiger partial charge in [-0.2, -0.15) is 18.4 Å². The molecular formula is C15H9F3N2O3. The maximum Gasteiger partial charge on any atom is 0.416 e. The van der Waals surface area contributed by atoms with Gasteiger partial charge in [-0.3, -0.25) is 10.1 Å². The van der Waals surface area contributed by atoms with Crippen molar-refractivity contribution in [3.05, 3.63) is 69.3 Å². The molecule has 0 saturated heterocycles. The van der Waals surface area contributed by atoms with Crippen LogP contribution in [-0.4, -0.2) is 4.92 Å². The zero-order valence-electron chi connectivity index (χ0n) is 11.5. The Balaban J connectivity index is 2.19. The monoisotopic (exact) mass is 322 g/mol. The van der Waals surface area contributed by atoms with Crippen molar-refractivity contribution in [3.63, 3.8) is 0 Å². The molecule has 0 unspecified atom stereocenters. The van der Waals surface area contributed by atoms with Crippen molar-refractivity contribution in [2.45, 2.75) is 12.8 Å². The normalized spacial score (nSPS) is 10.9. The van der Waals surface area contributed by atoms with Crippen LogP contribution in [0.15, 0.2) is 42.5 Å². The van der Waals surface area contributed by atoms with Crippen LogP contribution in [-0.2, 0) is 12.8 Å². The molecule has 0 N–H and O–H groups in total. The van der Waals surface area contributed by atoms with Crippen molar-refractivity contribution in [1.29, 1.82) is 5.26 Å². The molecule has 118 valence electrons. The standard InChI is InChI=1S/C15H9F3N2O3/c16-15(17,18)12-3-1-2-10(6-12)9-23-14-5-4-13(20(21)22)7-11(14)8-19/h1-7H,9H2. The van der Waals surface area contributed by atoms with E-state index in [0.29, 0.717) is 0 Å². The highest BCUT2D eigenvalue weighted by atomic mass is 19.4. The molecule has 0 aliphatic rings. The van der Waals surface area contributed by atoms with Crippen LogP contribution in [0.4, 0.5) is 18.9 Å². The molecule has 0 radical (unpaired) electrons. The fraction of sp³-hybridized carbons (Fsp3) is 0.133. The second kappa shape index (κ2) is 6.36. The van der Waals surface area contributed by atoms with E-state index < -0.39 is 16.7 Å². The number of benzene rings is 2. The Labute approximate surface area is 128 Å². The molecule has 23 heavy (non-hydrogen) atoms. The number of non-ortho nitro benzene ring substituents is 1. The number of nitrogens with zero attached hydrogens (tertiary/aromatic N) is 2. The van der Waals surface area contributed by atoms with Gasteiger partial charge >= 0.3 is 6.18 Å². The first-order valence-electron chi connectivity index (χ1n) is 6.29. The van der Waals surface area contributed by atoms with E-state index in [2.05, 4.69) is 0 Å². The Hall–Kier alpha value is -3.08. The molecule has 0 fully saturated rings. The van der Waals surface area contributed by atoms with Crippen LogP contribution in [0, 0.1) is 21.4 Å². The molecule has 0 atom stereocenters. The highest BCUT2D eigenvalue weighted by molar-refractivity contribution is 5.50. The molecule has 0 heterocycles. The van der Waals surface area contributed by atoms with E-state index >= 15 is 0 Å². The van der Waals surface area contributed by atoms with Crippen molar-refractivity contribution < 1.29 is 22.8 Å². The first-order chi connectivity index (χ1) is 10.8. The van der Waals surface area contributed by atoms with E-state index in [-0.39, 0.29) is 29.2 Å². The fourth-order valence-electron chi connectivity index (χ4n) is 1.84. The maximum absolute atomic E-state index is 12.6. The minimum absolute atomic E-state index is 0.0637. The van der Waals surface area contributed by atoms with E-state index in [0.717, 1.165) is 24.3 Å². The molecule has 0 aliphatic heterocycles. The quantitative estimate of drug-likeness (QED) is 0.628. The summed E-state index contributed by atoms with van der Waals surface area (Å²) < 4.78 is 43.2. The van der Waals surface area contributed by atoms with Gasteiger partial charge in [0.1, 0.15) is 24.0 Å². The van der Waals surface area contributed by atoms with Gasteiger partial charge in [-0.1, -0.05) is 12.1 Å². The lowest BCUT2D eigenvalue weighted by Gasteiger charge is -2.10. The second-order valence-electron chi connectivity index (χ2n) is 4.54. The van der Waals surface area contributed by atoms with Crippen molar-refractivity contribution >= 4 is 5.69 Å². The molecule has 0 amide bonds. The highest BCUT2D eigenvalue weighted by Gasteiger charge is 2.30. The van der Waals surface area contributed by atoms with Gasteiger partial charge in [0.2, 0.25) is 0 Å². The van der Waals surface area contributed by atoms with Crippen LogP contribution < -0.4 is 4.74 Å². The molecule has 2 rings (SSSR count). The maximum atomic E-state index is 12.6.